The zero-order valence-corrected chi connectivity index (χ0v) is 11.0. The molecule has 18 heavy (non-hydrogen) atoms. The summed E-state index contributed by atoms with van der Waals surface area (Å²) in [4.78, 5) is 34.3. The van der Waals surface area contributed by atoms with Crippen LogP contribution in [0.1, 0.15) is 20.3 Å². The van der Waals surface area contributed by atoms with Gasteiger partial charge in [0, 0.05) is 19.2 Å². The molecule has 0 N–H and O–H groups in total. The topological polar surface area (TPSA) is 89.8 Å². The third-order valence-electron chi connectivity index (χ3n) is 2.22. The number of rotatable bonds is 3. The van der Waals surface area contributed by atoms with Crippen LogP contribution in [0, 0.1) is 10.1 Å². The van der Waals surface area contributed by atoms with E-state index in [0.29, 0.717) is 18.7 Å². The Hall–Kier alpha value is -1.57. The molecule has 8 heteroatoms. The van der Waals surface area contributed by atoms with Crippen molar-refractivity contribution in [3.8, 4) is 0 Å². The fourth-order valence-corrected chi connectivity index (χ4v) is 2.64. The first-order valence-electron chi connectivity index (χ1n) is 5.45. The molecule has 0 radical (unpaired) electrons. The number of nitrogens with zero attached hydrogens (tertiary/aromatic N) is 2. The van der Waals surface area contributed by atoms with E-state index in [2.05, 4.69) is 0 Å². The molecule has 0 aromatic carbocycles. The molecule has 0 spiro atoms. The number of carbonyl (C=O) groups is 2. The van der Waals surface area contributed by atoms with Gasteiger partial charge < -0.3 is 4.74 Å². The highest BCUT2D eigenvalue weighted by molar-refractivity contribution is 8.03. The molecule has 1 rings (SSSR count). The average molecular weight is 274 g/mol. The third kappa shape index (κ3) is 3.22. The van der Waals surface area contributed by atoms with Gasteiger partial charge >= 0.3 is 11.8 Å². The first-order valence-corrected chi connectivity index (χ1v) is 6.44. The molecule has 1 heterocycles. The molecule has 0 aromatic heterocycles. The standard InChI is InChI=1S/C10H14N2O5S/c1-3-17-10(14)11-5-4-6-18-9(11)8(7(2)13)12(15)16/h3-6H2,1-2H3/b9-8+. The highest BCUT2D eigenvalue weighted by Gasteiger charge is 2.34. The lowest BCUT2D eigenvalue weighted by molar-refractivity contribution is -0.420. The smallest absolute Gasteiger partial charge is 0.414 e. The van der Waals surface area contributed by atoms with Crippen LogP contribution in [-0.2, 0) is 9.53 Å². The van der Waals surface area contributed by atoms with E-state index >= 15 is 0 Å². The van der Waals surface area contributed by atoms with E-state index in [9.17, 15) is 19.7 Å². The van der Waals surface area contributed by atoms with Crippen LogP contribution in [0.3, 0.4) is 0 Å². The predicted molar refractivity (Wildman–Crippen MR) is 65.5 cm³/mol. The van der Waals surface area contributed by atoms with Gasteiger partial charge in [0.25, 0.3) is 0 Å². The summed E-state index contributed by atoms with van der Waals surface area (Å²) in [5, 5.41) is 11.0. The molecule has 1 amide bonds. The molecule has 0 bridgehead atoms. The van der Waals surface area contributed by atoms with E-state index in [4.69, 9.17) is 4.74 Å². The number of Topliss-reactive ketones (excluding diaryl/α,β-unsaturated/α-hetero) is 1. The maximum Gasteiger partial charge on any atom is 0.414 e. The van der Waals surface area contributed by atoms with Crippen molar-refractivity contribution in [1.82, 2.24) is 4.90 Å². The van der Waals surface area contributed by atoms with Gasteiger partial charge in [0.05, 0.1) is 11.5 Å². The van der Waals surface area contributed by atoms with Crippen LogP contribution in [0.15, 0.2) is 10.7 Å². The van der Waals surface area contributed by atoms with Crippen molar-refractivity contribution in [3.63, 3.8) is 0 Å². The van der Waals surface area contributed by atoms with Crippen LogP contribution in [0.2, 0.25) is 0 Å². The van der Waals surface area contributed by atoms with Crippen molar-refractivity contribution in [3.05, 3.63) is 20.8 Å². The maximum absolute atomic E-state index is 11.7. The summed E-state index contributed by atoms with van der Waals surface area (Å²) < 4.78 is 4.83. The zero-order chi connectivity index (χ0) is 13.7. The van der Waals surface area contributed by atoms with Crippen LogP contribution in [0.25, 0.3) is 0 Å². The number of amides is 1. The monoisotopic (exact) mass is 274 g/mol. The second-order valence-corrected chi connectivity index (χ2v) is 4.60. The Morgan fingerprint density at radius 2 is 2.22 bits per heavy atom. The Morgan fingerprint density at radius 3 is 2.72 bits per heavy atom. The lowest BCUT2D eigenvalue weighted by Crippen LogP contribution is -2.36. The van der Waals surface area contributed by atoms with Gasteiger partial charge in [0.15, 0.2) is 5.03 Å². The largest absolute Gasteiger partial charge is 0.449 e. The molecule has 1 fully saturated rings. The van der Waals surface area contributed by atoms with Crippen molar-refractivity contribution in [2.24, 2.45) is 0 Å². The summed E-state index contributed by atoms with van der Waals surface area (Å²) in [5.41, 5.74) is -0.548. The van der Waals surface area contributed by atoms with Crippen molar-refractivity contribution < 1.29 is 19.2 Å². The maximum atomic E-state index is 11.7. The number of carbonyl (C=O) groups excluding carboxylic acids is 2. The van der Waals surface area contributed by atoms with Crippen LogP contribution in [-0.4, -0.2) is 40.6 Å². The Kier molecular flexibility index (Phi) is 5.14. The lowest BCUT2D eigenvalue weighted by atomic mass is 10.3. The van der Waals surface area contributed by atoms with Crippen LogP contribution >= 0.6 is 11.8 Å². The minimum absolute atomic E-state index is 0.0807. The number of hydrogen-bond donors (Lipinski definition) is 0. The van der Waals surface area contributed by atoms with Gasteiger partial charge in [0.1, 0.15) is 0 Å². The highest BCUT2D eigenvalue weighted by Crippen LogP contribution is 2.30. The van der Waals surface area contributed by atoms with Crippen molar-refractivity contribution in [1.29, 1.82) is 0 Å². The average Bonchev–Trinajstić information content (AvgIpc) is 2.29. The number of hydrogen-bond acceptors (Lipinski definition) is 6. The van der Waals surface area contributed by atoms with Crippen LogP contribution in [0.4, 0.5) is 4.79 Å². The Labute approximate surface area is 108 Å². The SMILES string of the molecule is CCOC(=O)N1CCCS/C1=C(\C(C)=O)[N+](=O)[O-]. The Balaban J connectivity index is 3.14. The lowest BCUT2D eigenvalue weighted by Gasteiger charge is -2.27. The Bertz CT molecular complexity index is 391. The molecule has 1 saturated heterocycles. The summed E-state index contributed by atoms with van der Waals surface area (Å²) in [6.45, 7) is 3.27. The minimum Gasteiger partial charge on any atom is -0.449 e. The molecule has 0 unspecified atom stereocenters. The molecule has 0 aliphatic carbocycles. The molecule has 1 aliphatic heterocycles. The second-order valence-electron chi connectivity index (χ2n) is 3.52. The van der Waals surface area contributed by atoms with Crippen LogP contribution in [0.5, 0.6) is 0 Å². The number of thioether (sulfide) groups is 1. The highest BCUT2D eigenvalue weighted by atomic mass is 32.2. The van der Waals surface area contributed by atoms with Gasteiger partial charge in [0.2, 0.25) is 5.78 Å². The Morgan fingerprint density at radius 1 is 1.56 bits per heavy atom. The first-order chi connectivity index (χ1) is 8.49. The summed E-state index contributed by atoms with van der Waals surface area (Å²) >= 11 is 1.13. The van der Waals surface area contributed by atoms with Gasteiger partial charge in [-0.05, 0) is 13.3 Å². The molecule has 0 aromatic rings. The van der Waals surface area contributed by atoms with Gasteiger partial charge in [-0.15, -0.1) is 11.8 Å². The first kappa shape index (κ1) is 14.5. The fraction of sp³-hybridized carbons (Fsp3) is 0.600. The molecule has 1 aliphatic rings. The number of nitro groups is 1. The van der Waals surface area contributed by atoms with Gasteiger partial charge in [-0.3, -0.25) is 19.8 Å². The molecule has 100 valence electrons. The molecule has 7 nitrogen and oxygen atoms in total. The quantitative estimate of drug-likeness (QED) is 0.441. The minimum atomic E-state index is -0.748. The normalized spacial score (nSPS) is 18.2. The molecular weight excluding hydrogens is 260 g/mol. The summed E-state index contributed by atoms with van der Waals surface area (Å²) in [5.74, 6) is -0.0331. The molecular formula is C10H14N2O5S. The number of ketones is 1. The van der Waals surface area contributed by atoms with Gasteiger partial charge in [-0.1, -0.05) is 0 Å². The van der Waals surface area contributed by atoms with Crippen molar-refractivity contribution in [2.75, 3.05) is 18.9 Å². The fourth-order valence-electron chi connectivity index (χ4n) is 1.50. The predicted octanol–water partition coefficient (Wildman–Crippen LogP) is 1.62. The van der Waals surface area contributed by atoms with E-state index in [0.717, 1.165) is 23.6 Å². The van der Waals surface area contributed by atoms with E-state index in [-0.39, 0.29) is 11.6 Å². The van der Waals surface area contributed by atoms with Crippen LogP contribution < -0.4 is 0 Å². The van der Waals surface area contributed by atoms with Crippen molar-refractivity contribution >= 4 is 23.6 Å². The van der Waals surface area contributed by atoms with Gasteiger partial charge in [-0.25, -0.2) is 4.79 Å². The summed E-state index contributed by atoms with van der Waals surface area (Å²) in [7, 11) is 0. The van der Waals surface area contributed by atoms with E-state index < -0.39 is 22.5 Å². The second kappa shape index (κ2) is 6.39. The van der Waals surface area contributed by atoms with Crippen molar-refractivity contribution in [2.45, 2.75) is 20.3 Å². The third-order valence-corrected chi connectivity index (χ3v) is 3.40. The van der Waals surface area contributed by atoms with E-state index in [1.54, 1.807) is 6.92 Å². The molecule has 0 saturated carbocycles. The number of allylic oxidation sites excluding steroid dienone is 1. The summed E-state index contributed by atoms with van der Waals surface area (Å²) in [6.07, 6.45) is 0.0517. The van der Waals surface area contributed by atoms with E-state index in [1.165, 1.54) is 0 Å². The summed E-state index contributed by atoms with van der Waals surface area (Å²) in [6, 6.07) is 0. The zero-order valence-electron chi connectivity index (χ0n) is 10.2. The van der Waals surface area contributed by atoms with Gasteiger partial charge in [-0.2, -0.15) is 0 Å². The van der Waals surface area contributed by atoms with E-state index in [1.807, 2.05) is 0 Å². The number of ether oxygens (including phenoxy) is 1. The molecule has 0 atom stereocenters.